The Morgan fingerprint density at radius 2 is 1.11 bits per heavy atom. The van der Waals surface area contributed by atoms with E-state index in [9.17, 15) is 20.1 Å². The SMILES string of the molecule is CCCCCCCCCC/C=C/C(O)C(CO)NC(=O)C(O)CCCCCCCCCCCCC. The fourth-order valence-corrected chi connectivity index (χ4v) is 4.42. The van der Waals surface area contributed by atoms with Gasteiger partial charge in [0.05, 0.1) is 18.8 Å². The number of unbranched alkanes of at least 4 members (excludes halogenated alkanes) is 18. The Kier molecular flexibility index (Phi) is 25.5. The maximum Gasteiger partial charge on any atom is 0.249 e. The van der Waals surface area contributed by atoms with E-state index in [0.29, 0.717) is 6.42 Å². The van der Waals surface area contributed by atoms with Crippen molar-refractivity contribution >= 4 is 5.91 Å². The van der Waals surface area contributed by atoms with Crippen molar-refractivity contribution in [1.82, 2.24) is 5.32 Å². The molecular weight excluding hydrogens is 438 g/mol. The van der Waals surface area contributed by atoms with Gasteiger partial charge in [-0.25, -0.2) is 0 Å². The molecule has 3 unspecified atom stereocenters. The summed E-state index contributed by atoms with van der Waals surface area (Å²) in [6, 6.07) is -0.788. The number of hydrogen-bond donors (Lipinski definition) is 4. The van der Waals surface area contributed by atoms with Gasteiger partial charge in [-0.1, -0.05) is 142 Å². The van der Waals surface area contributed by atoms with Gasteiger partial charge in [0, 0.05) is 0 Å². The Hall–Kier alpha value is -0.910. The summed E-state index contributed by atoms with van der Waals surface area (Å²) in [6.45, 7) is 4.11. The first-order valence-electron chi connectivity index (χ1n) is 15.0. The van der Waals surface area contributed by atoms with Crippen LogP contribution in [-0.2, 0) is 4.79 Å². The first-order chi connectivity index (χ1) is 17.1. The van der Waals surface area contributed by atoms with Crippen LogP contribution in [0.1, 0.15) is 149 Å². The molecular formula is C30H59NO4. The fourth-order valence-electron chi connectivity index (χ4n) is 4.42. The number of nitrogens with one attached hydrogen (secondary N) is 1. The van der Waals surface area contributed by atoms with Gasteiger partial charge in [0.1, 0.15) is 6.10 Å². The topological polar surface area (TPSA) is 89.8 Å². The van der Waals surface area contributed by atoms with Gasteiger partial charge in [-0.15, -0.1) is 0 Å². The number of hydrogen-bond acceptors (Lipinski definition) is 4. The average Bonchev–Trinajstić information content (AvgIpc) is 2.86. The molecule has 3 atom stereocenters. The summed E-state index contributed by atoms with van der Waals surface area (Å²) < 4.78 is 0. The molecule has 0 saturated heterocycles. The van der Waals surface area contributed by atoms with E-state index >= 15 is 0 Å². The molecule has 0 aliphatic heterocycles. The highest BCUT2D eigenvalue weighted by molar-refractivity contribution is 5.80. The quantitative estimate of drug-likeness (QED) is 0.0767. The minimum Gasteiger partial charge on any atom is -0.394 e. The highest BCUT2D eigenvalue weighted by Crippen LogP contribution is 2.13. The Bertz CT molecular complexity index is 483. The summed E-state index contributed by atoms with van der Waals surface area (Å²) in [4.78, 5) is 12.3. The number of rotatable bonds is 26. The predicted molar refractivity (Wildman–Crippen MR) is 148 cm³/mol. The molecule has 0 aliphatic rings. The van der Waals surface area contributed by atoms with Crippen molar-refractivity contribution in [3.8, 4) is 0 Å². The molecule has 208 valence electrons. The first kappa shape index (κ1) is 34.1. The van der Waals surface area contributed by atoms with Crippen molar-refractivity contribution in [2.24, 2.45) is 0 Å². The molecule has 0 saturated carbocycles. The molecule has 5 heteroatoms. The molecule has 0 aromatic carbocycles. The van der Waals surface area contributed by atoms with Gasteiger partial charge < -0.3 is 20.6 Å². The van der Waals surface area contributed by atoms with Crippen LogP contribution < -0.4 is 5.32 Å². The second-order valence-corrected chi connectivity index (χ2v) is 10.3. The van der Waals surface area contributed by atoms with Gasteiger partial charge >= 0.3 is 0 Å². The monoisotopic (exact) mass is 497 g/mol. The van der Waals surface area contributed by atoms with Gasteiger partial charge in [-0.05, 0) is 19.3 Å². The summed E-state index contributed by atoms with van der Waals surface area (Å²) in [5.74, 6) is -0.508. The Labute approximate surface area is 217 Å². The minimum atomic E-state index is -1.09. The van der Waals surface area contributed by atoms with Gasteiger partial charge in [-0.2, -0.15) is 0 Å². The zero-order chi connectivity index (χ0) is 26.0. The predicted octanol–water partition coefficient (Wildman–Crippen LogP) is 6.97. The zero-order valence-electron chi connectivity index (χ0n) is 23.2. The largest absolute Gasteiger partial charge is 0.394 e. The van der Waals surface area contributed by atoms with Gasteiger partial charge in [-0.3, -0.25) is 4.79 Å². The molecule has 1 amide bonds. The maximum atomic E-state index is 12.3. The lowest BCUT2D eigenvalue weighted by Gasteiger charge is -2.21. The van der Waals surface area contributed by atoms with Crippen molar-refractivity contribution in [3.63, 3.8) is 0 Å². The second kappa shape index (κ2) is 26.2. The van der Waals surface area contributed by atoms with Crippen molar-refractivity contribution in [2.75, 3.05) is 6.61 Å². The molecule has 0 aromatic heterocycles. The van der Waals surface area contributed by atoms with E-state index in [2.05, 4.69) is 19.2 Å². The molecule has 5 nitrogen and oxygen atoms in total. The molecule has 35 heavy (non-hydrogen) atoms. The lowest BCUT2D eigenvalue weighted by atomic mass is 10.0. The van der Waals surface area contributed by atoms with Crippen LogP contribution in [-0.4, -0.2) is 46.1 Å². The second-order valence-electron chi connectivity index (χ2n) is 10.3. The zero-order valence-corrected chi connectivity index (χ0v) is 23.2. The smallest absolute Gasteiger partial charge is 0.249 e. The van der Waals surface area contributed by atoms with Gasteiger partial charge in [0.25, 0.3) is 0 Å². The van der Waals surface area contributed by atoms with Crippen molar-refractivity contribution < 1.29 is 20.1 Å². The minimum absolute atomic E-state index is 0.361. The highest BCUT2D eigenvalue weighted by Gasteiger charge is 2.22. The average molecular weight is 498 g/mol. The van der Waals surface area contributed by atoms with Crippen LogP contribution in [0.4, 0.5) is 0 Å². The third-order valence-electron chi connectivity index (χ3n) is 6.88. The van der Waals surface area contributed by atoms with Gasteiger partial charge in [0.15, 0.2) is 0 Å². The molecule has 0 aromatic rings. The lowest BCUT2D eigenvalue weighted by molar-refractivity contribution is -0.131. The van der Waals surface area contributed by atoms with Crippen molar-refractivity contribution in [3.05, 3.63) is 12.2 Å². The van der Waals surface area contributed by atoms with Gasteiger partial charge in [0.2, 0.25) is 5.91 Å². The summed E-state index contributed by atoms with van der Waals surface area (Å²) in [6.07, 6.45) is 26.5. The number of carbonyl (C=O) groups is 1. The number of allylic oxidation sites excluding steroid dienone is 1. The third kappa shape index (κ3) is 22.0. The number of carbonyl (C=O) groups excluding carboxylic acids is 1. The Morgan fingerprint density at radius 3 is 1.57 bits per heavy atom. The number of aliphatic hydroxyl groups is 3. The molecule has 0 fully saturated rings. The van der Waals surface area contributed by atoms with E-state index in [1.807, 2.05) is 6.08 Å². The van der Waals surface area contributed by atoms with E-state index in [1.54, 1.807) is 6.08 Å². The van der Waals surface area contributed by atoms with Crippen LogP contribution in [0.3, 0.4) is 0 Å². The van der Waals surface area contributed by atoms with Crippen LogP contribution in [0.2, 0.25) is 0 Å². The molecule has 0 heterocycles. The van der Waals surface area contributed by atoms with E-state index in [4.69, 9.17) is 0 Å². The van der Waals surface area contributed by atoms with E-state index < -0.39 is 24.2 Å². The number of aliphatic hydroxyl groups excluding tert-OH is 3. The molecule has 0 radical (unpaired) electrons. The summed E-state index contributed by atoms with van der Waals surface area (Å²) in [5, 5.41) is 32.6. The van der Waals surface area contributed by atoms with E-state index in [1.165, 1.54) is 96.3 Å². The summed E-state index contributed by atoms with van der Waals surface area (Å²) in [5.41, 5.74) is 0. The van der Waals surface area contributed by atoms with Crippen molar-refractivity contribution in [2.45, 2.75) is 167 Å². The fraction of sp³-hybridized carbons (Fsp3) is 0.900. The molecule has 0 bridgehead atoms. The van der Waals surface area contributed by atoms with E-state index in [0.717, 1.165) is 32.1 Å². The van der Waals surface area contributed by atoms with E-state index in [-0.39, 0.29) is 6.61 Å². The molecule has 4 N–H and O–H groups in total. The van der Waals surface area contributed by atoms with Crippen LogP contribution >= 0.6 is 0 Å². The van der Waals surface area contributed by atoms with Crippen LogP contribution in [0, 0.1) is 0 Å². The molecule has 0 rings (SSSR count). The maximum absolute atomic E-state index is 12.3. The molecule has 0 aliphatic carbocycles. The standard InChI is InChI=1S/C30H59NO4/c1-3-5-7-9-11-13-15-17-19-21-23-25-29(34)30(35)31-27(26-32)28(33)24-22-20-18-16-14-12-10-8-6-4-2/h22,24,27-29,32-34H,3-21,23,25-26H2,1-2H3,(H,31,35)/b24-22+. The lowest BCUT2D eigenvalue weighted by Crippen LogP contribution is -2.48. The Balaban J connectivity index is 3.84. The molecule has 0 spiro atoms. The third-order valence-corrected chi connectivity index (χ3v) is 6.88. The Morgan fingerprint density at radius 1 is 0.686 bits per heavy atom. The number of amides is 1. The first-order valence-corrected chi connectivity index (χ1v) is 15.0. The summed E-state index contributed by atoms with van der Waals surface area (Å²) >= 11 is 0. The van der Waals surface area contributed by atoms with Crippen LogP contribution in [0.5, 0.6) is 0 Å². The van der Waals surface area contributed by atoms with Crippen LogP contribution in [0.25, 0.3) is 0 Å². The van der Waals surface area contributed by atoms with Crippen LogP contribution in [0.15, 0.2) is 12.2 Å². The summed E-state index contributed by atoms with van der Waals surface area (Å²) in [7, 11) is 0. The normalized spacial score (nSPS) is 14.3. The highest BCUT2D eigenvalue weighted by atomic mass is 16.3. The van der Waals surface area contributed by atoms with Crippen molar-refractivity contribution in [1.29, 1.82) is 0 Å².